The van der Waals surface area contributed by atoms with E-state index in [0.29, 0.717) is 16.9 Å². The highest BCUT2D eigenvalue weighted by Gasteiger charge is 2.07. The molecule has 2 rings (SSSR count). The third kappa shape index (κ3) is 3.42. The molecule has 0 saturated heterocycles. The second-order valence-corrected chi connectivity index (χ2v) is 3.97. The minimum absolute atomic E-state index is 0.0772. The number of carbonyl (C=O) groups excluding carboxylic acids is 2. The molecule has 19 heavy (non-hydrogen) atoms. The van der Waals surface area contributed by atoms with Gasteiger partial charge in [-0.1, -0.05) is 36.4 Å². The number of ether oxygens (including phenoxy) is 1. The van der Waals surface area contributed by atoms with Crippen LogP contribution in [0, 0.1) is 0 Å². The lowest BCUT2D eigenvalue weighted by Crippen LogP contribution is -2.13. The van der Waals surface area contributed by atoms with Crippen molar-refractivity contribution in [3.05, 3.63) is 65.7 Å². The Labute approximate surface area is 110 Å². The highest BCUT2D eigenvalue weighted by molar-refractivity contribution is 5.97. The zero-order chi connectivity index (χ0) is 13.7. The Bertz CT molecular complexity index is 593. The van der Waals surface area contributed by atoms with Crippen LogP contribution < -0.4 is 10.5 Å². The second kappa shape index (κ2) is 5.82. The van der Waals surface area contributed by atoms with Gasteiger partial charge in [0.15, 0.2) is 12.4 Å². The van der Waals surface area contributed by atoms with Crippen LogP contribution in [-0.4, -0.2) is 18.3 Å². The third-order valence-electron chi connectivity index (χ3n) is 2.58. The number of rotatable bonds is 5. The van der Waals surface area contributed by atoms with E-state index in [1.165, 1.54) is 6.07 Å². The molecule has 0 fully saturated rings. The van der Waals surface area contributed by atoms with Crippen molar-refractivity contribution >= 4 is 11.7 Å². The molecule has 2 N–H and O–H groups in total. The van der Waals surface area contributed by atoms with Crippen molar-refractivity contribution in [2.75, 3.05) is 6.61 Å². The molecule has 0 spiro atoms. The summed E-state index contributed by atoms with van der Waals surface area (Å²) in [4.78, 5) is 22.8. The minimum atomic E-state index is -0.528. The van der Waals surface area contributed by atoms with Crippen LogP contribution in [0.25, 0.3) is 0 Å². The van der Waals surface area contributed by atoms with Crippen molar-refractivity contribution in [2.24, 2.45) is 5.73 Å². The molecule has 0 bridgehead atoms. The fourth-order valence-corrected chi connectivity index (χ4v) is 1.60. The Balaban J connectivity index is 2.01. The summed E-state index contributed by atoms with van der Waals surface area (Å²) < 4.78 is 5.36. The van der Waals surface area contributed by atoms with Gasteiger partial charge in [-0.05, 0) is 18.2 Å². The first-order chi connectivity index (χ1) is 9.16. The lowest BCUT2D eigenvalue weighted by molar-refractivity contribution is 0.0921. The molecule has 0 saturated carbocycles. The quantitative estimate of drug-likeness (QED) is 0.831. The van der Waals surface area contributed by atoms with Gasteiger partial charge in [-0.3, -0.25) is 9.59 Å². The molecule has 2 aromatic rings. The van der Waals surface area contributed by atoms with Crippen LogP contribution in [0.4, 0.5) is 0 Å². The topological polar surface area (TPSA) is 69.4 Å². The predicted molar refractivity (Wildman–Crippen MR) is 71.2 cm³/mol. The van der Waals surface area contributed by atoms with E-state index in [1.54, 1.807) is 42.5 Å². The second-order valence-electron chi connectivity index (χ2n) is 3.97. The van der Waals surface area contributed by atoms with E-state index in [4.69, 9.17) is 10.5 Å². The lowest BCUT2D eigenvalue weighted by Gasteiger charge is -2.06. The van der Waals surface area contributed by atoms with Gasteiger partial charge in [-0.25, -0.2) is 0 Å². The average molecular weight is 255 g/mol. The van der Waals surface area contributed by atoms with E-state index >= 15 is 0 Å². The number of amides is 1. The van der Waals surface area contributed by atoms with E-state index in [2.05, 4.69) is 0 Å². The number of primary amides is 1. The molecule has 4 nitrogen and oxygen atoms in total. The summed E-state index contributed by atoms with van der Waals surface area (Å²) >= 11 is 0. The molecule has 2 aromatic carbocycles. The molecule has 1 amide bonds. The van der Waals surface area contributed by atoms with Crippen LogP contribution in [0.3, 0.4) is 0 Å². The van der Waals surface area contributed by atoms with Gasteiger partial charge in [0.2, 0.25) is 5.91 Å². The maximum Gasteiger partial charge on any atom is 0.248 e. The zero-order valence-electron chi connectivity index (χ0n) is 10.2. The minimum Gasteiger partial charge on any atom is -0.485 e. The largest absolute Gasteiger partial charge is 0.485 e. The van der Waals surface area contributed by atoms with Gasteiger partial charge in [0.25, 0.3) is 0 Å². The molecule has 0 aromatic heterocycles. The van der Waals surface area contributed by atoms with Crippen LogP contribution in [0.5, 0.6) is 5.75 Å². The monoisotopic (exact) mass is 255 g/mol. The molecule has 0 atom stereocenters. The number of ketones is 1. The summed E-state index contributed by atoms with van der Waals surface area (Å²) in [5, 5.41) is 0. The Kier molecular flexibility index (Phi) is 3.93. The summed E-state index contributed by atoms with van der Waals surface area (Å²) in [7, 11) is 0. The van der Waals surface area contributed by atoms with E-state index < -0.39 is 5.91 Å². The van der Waals surface area contributed by atoms with Crippen molar-refractivity contribution in [1.29, 1.82) is 0 Å². The Hall–Kier alpha value is -2.62. The average Bonchev–Trinajstić information content (AvgIpc) is 2.46. The first kappa shape index (κ1) is 12.8. The Morgan fingerprint density at radius 3 is 2.32 bits per heavy atom. The van der Waals surface area contributed by atoms with Crippen molar-refractivity contribution in [3.8, 4) is 5.75 Å². The van der Waals surface area contributed by atoms with Gasteiger partial charge in [-0.15, -0.1) is 0 Å². The standard InChI is InChI=1S/C15H13NO3/c16-15(18)12-7-4-8-13(9-12)19-10-14(17)11-5-2-1-3-6-11/h1-9H,10H2,(H2,16,18). The maximum absolute atomic E-state index is 11.8. The molecule has 0 aliphatic rings. The predicted octanol–water partition coefficient (Wildman–Crippen LogP) is 2.05. The number of hydrogen-bond acceptors (Lipinski definition) is 3. The van der Waals surface area contributed by atoms with Gasteiger partial charge >= 0.3 is 0 Å². The van der Waals surface area contributed by atoms with Crippen molar-refractivity contribution in [3.63, 3.8) is 0 Å². The van der Waals surface area contributed by atoms with Crippen LogP contribution in [-0.2, 0) is 0 Å². The van der Waals surface area contributed by atoms with Crippen LogP contribution in [0.2, 0.25) is 0 Å². The molecule has 0 radical (unpaired) electrons. The maximum atomic E-state index is 11.8. The summed E-state index contributed by atoms with van der Waals surface area (Å²) in [5.74, 6) is -0.203. The lowest BCUT2D eigenvalue weighted by atomic mass is 10.1. The van der Waals surface area contributed by atoms with Gasteiger partial charge in [0.05, 0.1) is 0 Å². The fraction of sp³-hybridized carbons (Fsp3) is 0.0667. The molecule has 0 aliphatic heterocycles. The summed E-state index contributed by atoms with van der Waals surface area (Å²) in [5.41, 5.74) is 6.11. The van der Waals surface area contributed by atoms with Crippen molar-refractivity contribution in [1.82, 2.24) is 0 Å². The number of benzene rings is 2. The summed E-state index contributed by atoms with van der Waals surface area (Å²) in [6, 6.07) is 15.3. The molecule has 96 valence electrons. The van der Waals surface area contributed by atoms with Crippen LogP contribution in [0.15, 0.2) is 54.6 Å². The van der Waals surface area contributed by atoms with E-state index in [1.807, 2.05) is 6.07 Å². The molecular weight excluding hydrogens is 242 g/mol. The van der Waals surface area contributed by atoms with Gasteiger partial charge in [0.1, 0.15) is 5.75 Å². The molecule has 4 heteroatoms. The third-order valence-corrected chi connectivity index (χ3v) is 2.58. The Morgan fingerprint density at radius 1 is 0.947 bits per heavy atom. The summed E-state index contributed by atoms with van der Waals surface area (Å²) in [6.07, 6.45) is 0. The normalized spacial score (nSPS) is 9.89. The Morgan fingerprint density at radius 2 is 1.63 bits per heavy atom. The highest BCUT2D eigenvalue weighted by Crippen LogP contribution is 2.13. The first-order valence-corrected chi connectivity index (χ1v) is 5.78. The SMILES string of the molecule is NC(=O)c1cccc(OCC(=O)c2ccccc2)c1. The number of carbonyl (C=O) groups is 2. The smallest absolute Gasteiger partial charge is 0.248 e. The van der Waals surface area contributed by atoms with Gasteiger partial charge in [-0.2, -0.15) is 0 Å². The number of Topliss-reactive ketones (excluding diaryl/α,β-unsaturated/α-hetero) is 1. The van der Waals surface area contributed by atoms with Gasteiger partial charge in [0, 0.05) is 11.1 Å². The highest BCUT2D eigenvalue weighted by atomic mass is 16.5. The first-order valence-electron chi connectivity index (χ1n) is 5.78. The van der Waals surface area contributed by atoms with E-state index in [9.17, 15) is 9.59 Å². The van der Waals surface area contributed by atoms with Gasteiger partial charge < -0.3 is 10.5 Å². The van der Waals surface area contributed by atoms with Crippen molar-refractivity contribution in [2.45, 2.75) is 0 Å². The van der Waals surface area contributed by atoms with E-state index in [0.717, 1.165) is 0 Å². The van der Waals surface area contributed by atoms with Crippen LogP contribution in [0.1, 0.15) is 20.7 Å². The van der Waals surface area contributed by atoms with E-state index in [-0.39, 0.29) is 12.4 Å². The molecule has 0 aliphatic carbocycles. The number of hydrogen-bond donors (Lipinski definition) is 1. The molecule has 0 heterocycles. The molecular formula is C15H13NO3. The van der Waals surface area contributed by atoms with Crippen molar-refractivity contribution < 1.29 is 14.3 Å². The molecule has 0 unspecified atom stereocenters. The fourth-order valence-electron chi connectivity index (χ4n) is 1.60. The van der Waals surface area contributed by atoms with Crippen LogP contribution >= 0.6 is 0 Å². The summed E-state index contributed by atoms with van der Waals surface area (Å²) in [6.45, 7) is -0.0772. The number of nitrogens with two attached hydrogens (primary N) is 1. The zero-order valence-corrected chi connectivity index (χ0v) is 10.2.